The van der Waals surface area contributed by atoms with Crippen LogP contribution in [0.1, 0.15) is 6.42 Å². The summed E-state index contributed by atoms with van der Waals surface area (Å²) in [5.74, 6) is -1.15. The lowest BCUT2D eigenvalue weighted by atomic mass is 10.1. The number of methoxy groups -OCH3 is 1. The number of rotatable bonds is 4. The van der Waals surface area contributed by atoms with Gasteiger partial charge in [-0.2, -0.15) is 4.31 Å². The molecule has 1 aliphatic rings. The zero-order valence-corrected chi connectivity index (χ0v) is 14.2. The van der Waals surface area contributed by atoms with Crippen molar-refractivity contribution in [1.29, 1.82) is 0 Å². The van der Waals surface area contributed by atoms with E-state index in [0.717, 1.165) is 4.31 Å². The molecule has 0 saturated carbocycles. The van der Waals surface area contributed by atoms with E-state index in [1.807, 2.05) is 0 Å². The predicted octanol–water partition coefficient (Wildman–Crippen LogP) is 0.501. The summed E-state index contributed by atoms with van der Waals surface area (Å²) in [7, 11) is -2.70. The van der Waals surface area contributed by atoms with Gasteiger partial charge in [0, 0.05) is 17.6 Å². The minimum absolute atomic E-state index is 0.0615. The van der Waals surface area contributed by atoms with Crippen molar-refractivity contribution in [2.45, 2.75) is 17.4 Å². The van der Waals surface area contributed by atoms with Crippen LogP contribution >= 0.6 is 15.9 Å². The molecule has 0 spiro atoms. The van der Waals surface area contributed by atoms with E-state index in [0.29, 0.717) is 4.47 Å². The maximum atomic E-state index is 12.7. The largest absolute Gasteiger partial charge is 0.469 e. The number of halogens is 1. The normalized spacial score (nSPS) is 19.5. The second-order valence-corrected chi connectivity index (χ2v) is 7.47. The molecular weight excluding hydrogens is 376 g/mol. The molecule has 1 aromatic carbocycles. The molecule has 1 saturated heterocycles. The Kier molecular flexibility index (Phi) is 5.20. The van der Waals surface area contributed by atoms with Gasteiger partial charge in [-0.3, -0.25) is 9.59 Å². The Bertz CT molecular complexity index is 691. The van der Waals surface area contributed by atoms with Gasteiger partial charge in [0.25, 0.3) is 0 Å². The lowest BCUT2D eigenvalue weighted by Gasteiger charge is -2.33. The molecule has 0 unspecified atom stereocenters. The van der Waals surface area contributed by atoms with Gasteiger partial charge in [-0.05, 0) is 18.2 Å². The van der Waals surface area contributed by atoms with Crippen LogP contribution in [0.2, 0.25) is 0 Å². The van der Waals surface area contributed by atoms with E-state index in [2.05, 4.69) is 26.0 Å². The minimum atomic E-state index is -3.89. The molecule has 0 aliphatic carbocycles. The zero-order valence-electron chi connectivity index (χ0n) is 11.8. The topological polar surface area (TPSA) is 92.8 Å². The molecule has 1 fully saturated rings. The number of esters is 1. The lowest BCUT2D eigenvalue weighted by molar-refractivity contribution is -0.144. The SMILES string of the molecule is COC(=O)C[C@H]1C(=O)NCCN1S(=O)(=O)c1cccc(Br)c1. The highest BCUT2D eigenvalue weighted by Gasteiger charge is 2.39. The number of carbonyl (C=O) groups is 2. The first-order valence-electron chi connectivity index (χ1n) is 6.48. The number of hydrogen-bond donors (Lipinski definition) is 1. The van der Waals surface area contributed by atoms with E-state index in [1.165, 1.54) is 19.2 Å². The molecule has 1 aliphatic heterocycles. The Hall–Kier alpha value is -1.45. The van der Waals surface area contributed by atoms with Crippen molar-refractivity contribution in [3.8, 4) is 0 Å². The smallest absolute Gasteiger partial charge is 0.307 e. The number of sulfonamides is 1. The molecule has 1 N–H and O–H groups in total. The van der Waals surface area contributed by atoms with E-state index in [1.54, 1.807) is 12.1 Å². The molecule has 0 bridgehead atoms. The number of carbonyl (C=O) groups excluding carboxylic acids is 2. The first-order chi connectivity index (χ1) is 10.4. The molecule has 0 radical (unpaired) electrons. The summed E-state index contributed by atoms with van der Waals surface area (Å²) in [6.07, 6.45) is -0.324. The fourth-order valence-corrected chi connectivity index (χ4v) is 4.36. The van der Waals surface area contributed by atoms with Crippen LogP contribution in [0, 0.1) is 0 Å². The summed E-state index contributed by atoms with van der Waals surface area (Å²) in [4.78, 5) is 23.5. The van der Waals surface area contributed by atoms with E-state index in [-0.39, 0.29) is 24.4 Å². The van der Waals surface area contributed by atoms with Gasteiger partial charge in [-0.15, -0.1) is 0 Å². The molecular formula is C13H15BrN2O5S. The van der Waals surface area contributed by atoms with Crippen LogP contribution in [-0.4, -0.2) is 50.8 Å². The van der Waals surface area contributed by atoms with Crippen LogP contribution in [0.15, 0.2) is 33.6 Å². The van der Waals surface area contributed by atoms with Crippen LogP contribution < -0.4 is 5.32 Å². The monoisotopic (exact) mass is 390 g/mol. The quantitative estimate of drug-likeness (QED) is 0.755. The fraction of sp³-hybridized carbons (Fsp3) is 0.385. The third-order valence-corrected chi connectivity index (χ3v) is 5.67. The Balaban J connectivity index is 2.37. The number of amides is 1. The number of hydrogen-bond acceptors (Lipinski definition) is 5. The van der Waals surface area contributed by atoms with Gasteiger partial charge < -0.3 is 10.1 Å². The number of benzene rings is 1. The Morgan fingerprint density at radius 1 is 1.50 bits per heavy atom. The zero-order chi connectivity index (χ0) is 16.3. The fourth-order valence-electron chi connectivity index (χ4n) is 2.18. The Morgan fingerprint density at radius 3 is 2.86 bits per heavy atom. The number of ether oxygens (including phenoxy) is 1. The maximum absolute atomic E-state index is 12.7. The van der Waals surface area contributed by atoms with Crippen molar-refractivity contribution in [1.82, 2.24) is 9.62 Å². The van der Waals surface area contributed by atoms with Gasteiger partial charge in [-0.25, -0.2) is 8.42 Å². The molecule has 1 heterocycles. The van der Waals surface area contributed by atoms with Gasteiger partial charge in [0.1, 0.15) is 6.04 Å². The van der Waals surface area contributed by atoms with E-state index < -0.39 is 27.9 Å². The second-order valence-electron chi connectivity index (χ2n) is 4.66. The maximum Gasteiger partial charge on any atom is 0.307 e. The molecule has 0 aromatic heterocycles. The molecule has 1 atom stereocenters. The Morgan fingerprint density at radius 2 is 2.23 bits per heavy atom. The summed E-state index contributed by atoms with van der Waals surface area (Å²) < 4.78 is 31.7. The van der Waals surface area contributed by atoms with Crippen LogP contribution in [0.3, 0.4) is 0 Å². The minimum Gasteiger partial charge on any atom is -0.469 e. The molecule has 1 aromatic rings. The molecule has 22 heavy (non-hydrogen) atoms. The number of piperazine rings is 1. The molecule has 2 rings (SSSR count). The van der Waals surface area contributed by atoms with Gasteiger partial charge in [0.15, 0.2) is 0 Å². The third kappa shape index (κ3) is 3.47. The van der Waals surface area contributed by atoms with Crippen molar-refractivity contribution in [3.63, 3.8) is 0 Å². The third-order valence-electron chi connectivity index (χ3n) is 3.27. The first kappa shape index (κ1) is 16.9. The Labute approximate surface area is 136 Å². The van der Waals surface area contributed by atoms with E-state index >= 15 is 0 Å². The summed E-state index contributed by atoms with van der Waals surface area (Å²) in [6, 6.07) is 5.09. The van der Waals surface area contributed by atoms with Crippen molar-refractivity contribution in [2.24, 2.45) is 0 Å². The van der Waals surface area contributed by atoms with E-state index in [9.17, 15) is 18.0 Å². The standard InChI is InChI=1S/C13H15BrN2O5S/c1-21-12(17)8-11-13(18)15-5-6-16(11)22(19,20)10-4-2-3-9(14)7-10/h2-4,7,11H,5-6,8H2,1H3,(H,15,18)/t11-/m0/s1. The average molecular weight is 391 g/mol. The highest BCUT2D eigenvalue weighted by molar-refractivity contribution is 9.10. The highest BCUT2D eigenvalue weighted by Crippen LogP contribution is 2.24. The summed E-state index contributed by atoms with van der Waals surface area (Å²) in [6.45, 7) is 0.298. The van der Waals surface area contributed by atoms with Crippen LogP contribution in [0.4, 0.5) is 0 Å². The van der Waals surface area contributed by atoms with Crippen molar-refractivity contribution >= 4 is 37.8 Å². The first-order valence-corrected chi connectivity index (χ1v) is 8.71. The van der Waals surface area contributed by atoms with Gasteiger partial charge >= 0.3 is 5.97 Å². The second kappa shape index (κ2) is 6.76. The summed E-state index contributed by atoms with van der Waals surface area (Å²) in [5, 5.41) is 2.56. The number of nitrogens with zero attached hydrogens (tertiary/aromatic N) is 1. The van der Waals surface area contributed by atoms with E-state index in [4.69, 9.17) is 0 Å². The van der Waals surface area contributed by atoms with Crippen molar-refractivity contribution in [3.05, 3.63) is 28.7 Å². The van der Waals surface area contributed by atoms with Crippen molar-refractivity contribution < 1.29 is 22.7 Å². The summed E-state index contributed by atoms with van der Waals surface area (Å²) in [5.41, 5.74) is 0. The van der Waals surface area contributed by atoms with Crippen molar-refractivity contribution in [2.75, 3.05) is 20.2 Å². The highest BCUT2D eigenvalue weighted by atomic mass is 79.9. The van der Waals surface area contributed by atoms with Gasteiger partial charge in [-0.1, -0.05) is 22.0 Å². The predicted molar refractivity (Wildman–Crippen MR) is 81.5 cm³/mol. The average Bonchev–Trinajstić information content (AvgIpc) is 2.49. The molecule has 9 heteroatoms. The molecule has 1 amide bonds. The van der Waals surface area contributed by atoms with Crippen LogP contribution in [-0.2, 0) is 24.3 Å². The molecule has 120 valence electrons. The summed E-state index contributed by atoms with van der Waals surface area (Å²) >= 11 is 3.22. The van der Waals surface area contributed by atoms with Gasteiger partial charge in [0.2, 0.25) is 15.9 Å². The van der Waals surface area contributed by atoms with Crippen LogP contribution in [0.25, 0.3) is 0 Å². The lowest BCUT2D eigenvalue weighted by Crippen LogP contribution is -2.57. The molecule has 7 nitrogen and oxygen atoms in total. The van der Waals surface area contributed by atoms with Gasteiger partial charge in [0.05, 0.1) is 18.4 Å². The van der Waals surface area contributed by atoms with Crippen LogP contribution in [0.5, 0.6) is 0 Å². The number of nitrogens with one attached hydrogen (secondary N) is 1.